The van der Waals surface area contributed by atoms with Crippen LogP contribution in [0.2, 0.25) is 15.1 Å². The molecule has 1 aliphatic heterocycles. The SMILES string of the molecule is CCC(C)N1C[C@@H](N(Cc2cc(Cl)ccc2Cl)c2ccc(C#N)c(Cl)c2)CC1=O. The summed E-state index contributed by atoms with van der Waals surface area (Å²) in [5.41, 5.74) is 2.13. The Balaban J connectivity index is 1.98. The second-order valence-electron chi connectivity index (χ2n) is 7.30. The summed E-state index contributed by atoms with van der Waals surface area (Å²) in [6, 6.07) is 12.9. The molecule has 3 rings (SSSR count). The van der Waals surface area contributed by atoms with E-state index >= 15 is 0 Å². The highest BCUT2D eigenvalue weighted by atomic mass is 35.5. The minimum atomic E-state index is -0.0319. The first-order valence-electron chi connectivity index (χ1n) is 9.53. The fraction of sp³-hybridized carbons (Fsp3) is 0.364. The van der Waals surface area contributed by atoms with Crippen LogP contribution in [0.3, 0.4) is 0 Å². The molecule has 1 aliphatic rings. The predicted molar refractivity (Wildman–Crippen MR) is 119 cm³/mol. The summed E-state index contributed by atoms with van der Waals surface area (Å²) in [5.74, 6) is 0.145. The van der Waals surface area contributed by atoms with Crippen molar-refractivity contribution in [1.82, 2.24) is 4.90 Å². The second kappa shape index (κ2) is 9.26. The molecule has 1 amide bonds. The minimum Gasteiger partial charge on any atom is -0.362 e. The van der Waals surface area contributed by atoms with E-state index in [-0.39, 0.29) is 18.0 Å². The fourth-order valence-corrected chi connectivity index (χ4v) is 4.21. The van der Waals surface area contributed by atoms with E-state index in [4.69, 9.17) is 34.8 Å². The molecule has 0 saturated carbocycles. The molecular formula is C22H22Cl3N3O. The van der Waals surface area contributed by atoms with Gasteiger partial charge in [0, 0.05) is 41.3 Å². The van der Waals surface area contributed by atoms with E-state index in [2.05, 4.69) is 24.8 Å². The van der Waals surface area contributed by atoms with Crippen molar-refractivity contribution in [2.75, 3.05) is 11.4 Å². The van der Waals surface area contributed by atoms with Crippen LogP contribution in [0, 0.1) is 11.3 Å². The lowest BCUT2D eigenvalue weighted by atomic mass is 10.1. The molecule has 0 radical (unpaired) electrons. The van der Waals surface area contributed by atoms with Crippen LogP contribution in [0.4, 0.5) is 5.69 Å². The van der Waals surface area contributed by atoms with Crippen molar-refractivity contribution < 1.29 is 4.79 Å². The Hall–Kier alpha value is -1.93. The van der Waals surface area contributed by atoms with Crippen LogP contribution in [0.15, 0.2) is 36.4 Å². The van der Waals surface area contributed by atoms with Crippen LogP contribution >= 0.6 is 34.8 Å². The van der Waals surface area contributed by atoms with Gasteiger partial charge in [0.2, 0.25) is 5.91 Å². The third-order valence-electron chi connectivity index (χ3n) is 5.45. The lowest BCUT2D eigenvalue weighted by molar-refractivity contribution is -0.129. The first-order valence-corrected chi connectivity index (χ1v) is 10.7. The molecule has 4 nitrogen and oxygen atoms in total. The summed E-state index contributed by atoms with van der Waals surface area (Å²) >= 11 is 18.9. The molecule has 1 fully saturated rings. The number of hydrogen-bond acceptors (Lipinski definition) is 3. The molecule has 29 heavy (non-hydrogen) atoms. The quantitative estimate of drug-likeness (QED) is 0.548. The maximum Gasteiger partial charge on any atom is 0.225 e. The smallest absolute Gasteiger partial charge is 0.225 e. The van der Waals surface area contributed by atoms with E-state index in [1.165, 1.54) is 0 Å². The molecule has 1 saturated heterocycles. The van der Waals surface area contributed by atoms with Gasteiger partial charge in [0.15, 0.2) is 0 Å². The molecule has 2 aromatic rings. The topological polar surface area (TPSA) is 47.3 Å². The molecule has 2 aromatic carbocycles. The van der Waals surface area contributed by atoms with Crippen molar-refractivity contribution in [1.29, 1.82) is 5.26 Å². The maximum atomic E-state index is 12.6. The molecule has 1 unspecified atom stereocenters. The number of nitriles is 1. The number of nitrogens with zero attached hydrogens (tertiary/aromatic N) is 3. The molecule has 0 bridgehead atoms. The molecule has 0 aliphatic carbocycles. The number of rotatable bonds is 6. The molecule has 152 valence electrons. The van der Waals surface area contributed by atoms with Gasteiger partial charge in [0.05, 0.1) is 16.6 Å². The molecule has 0 N–H and O–H groups in total. The Morgan fingerprint density at radius 3 is 2.62 bits per heavy atom. The fourth-order valence-electron chi connectivity index (χ4n) is 3.62. The van der Waals surface area contributed by atoms with Crippen LogP contribution in [-0.2, 0) is 11.3 Å². The van der Waals surface area contributed by atoms with Gasteiger partial charge < -0.3 is 9.80 Å². The predicted octanol–water partition coefficient (Wildman–Crippen LogP) is 5.92. The van der Waals surface area contributed by atoms with Gasteiger partial charge in [-0.2, -0.15) is 5.26 Å². The summed E-state index contributed by atoms with van der Waals surface area (Å²) in [7, 11) is 0. The van der Waals surface area contributed by atoms with Crippen molar-refractivity contribution >= 4 is 46.4 Å². The van der Waals surface area contributed by atoms with Gasteiger partial charge in [0.25, 0.3) is 0 Å². The molecule has 7 heteroatoms. The average Bonchev–Trinajstić information content (AvgIpc) is 3.09. The normalized spacial score (nSPS) is 17.3. The van der Waals surface area contributed by atoms with Crippen molar-refractivity contribution in [2.24, 2.45) is 0 Å². The highest BCUT2D eigenvalue weighted by molar-refractivity contribution is 6.33. The van der Waals surface area contributed by atoms with Crippen LogP contribution in [0.25, 0.3) is 0 Å². The van der Waals surface area contributed by atoms with Crippen molar-refractivity contribution in [3.05, 3.63) is 62.6 Å². The minimum absolute atomic E-state index is 0.0319. The average molecular weight is 451 g/mol. The van der Waals surface area contributed by atoms with E-state index in [1.807, 2.05) is 17.0 Å². The number of carbonyl (C=O) groups is 1. The molecular weight excluding hydrogens is 429 g/mol. The number of carbonyl (C=O) groups excluding carboxylic acids is 1. The first-order chi connectivity index (χ1) is 13.8. The van der Waals surface area contributed by atoms with Crippen molar-refractivity contribution in [2.45, 2.75) is 45.3 Å². The lowest BCUT2D eigenvalue weighted by Crippen LogP contribution is -2.39. The lowest BCUT2D eigenvalue weighted by Gasteiger charge is -2.32. The summed E-state index contributed by atoms with van der Waals surface area (Å²) < 4.78 is 0. The van der Waals surface area contributed by atoms with E-state index in [1.54, 1.807) is 24.3 Å². The van der Waals surface area contributed by atoms with Gasteiger partial charge in [-0.05, 0) is 55.3 Å². The number of benzene rings is 2. The number of hydrogen-bond donors (Lipinski definition) is 0. The highest BCUT2D eigenvalue weighted by Gasteiger charge is 2.36. The van der Waals surface area contributed by atoms with Gasteiger partial charge in [-0.15, -0.1) is 0 Å². The molecule has 1 heterocycles. The summed E-state index contributed by atoms with van der Waals surface area (Å²) in [5, 5.41) is 10.8. The largest absolute Gasteiger partial charge is 0.362 e. The zero-order chi connectivity index (χ0) is 21.1. The standard InChI is InChI=1S/C22H22Cl3N3O/c1-3-14(2)27-13-19(10-22(27)29)28(12-16-8-17(23)5-7-20(16)24)18-6-4-15(11-26)21(25)9-18/h4-9,14,19H,3,10,12-13H2,1-2H3/t14?,19-/m0/s1. The summed E-state index contributed by atoms with van der Waals surface area (Å²) in [6.45, 7) is 5.25. The third-order valence-corrected chi connectivity index (χ3v) is 6.37. The van der Waals surface area contributed by atoms with E-state index in [0.29, 0.717) is 40.1 Å². The number of halogens is 3. The number of likely N-dealkylation sites (tertiary alicyclic amines) is 1. The van der Waals surface area contributed by atoms with Gasteiger partial charge in [-0.3, -0.25) is 4.79 Å². The van der Waals surface area contributed by atoms with E-state index < -0.39 is 0 Å². The maximum absolute atomic E-state index is 12.6. The van der Waals surface area contributed by atoms with Crippen LogP contribution < -0.4 is 4.90 Å². The Bertz CT molecular complexity index is 957. The Morgan fingerprint density at radius 2 is 1.97 bits per heavy atom. The summed E-state index contributed by atoms with van der Waals surface area (Å²) in [6.07, 6.45) is 1.32. The van der Waals surface area contributed by atoms with Crippen LogP contribution in [0.5, 0.6) is 0 Å². The summed E-state index contributed by atoms with van der Waals surface area (Å²) in [4.78, 5) is 16.7. The Morgan fingerprint density at radius 1 is 1.21 bits per heavy atom. The van der Waals surface area contributed by atoms with Crippen molar-refractivity contribution in [3.63, 3.8) is 0 Å². The number of amides is 1. The number of anilines is 1. The Kier molecular flexibility index (Phi) is 6.95. The molecule has 0 aromatic heterocycles. The van der Waals surface area contributed by atoms with Gasteiger partial charge in [-0.25, -0.2) is 0 Å². The van der Waals surface area contributed by atoms with Gasteiger partial charge in [-0.1, -0.05) is 41.7 Å². The van der Waals surface area contributed by atoms with Gasteiger partial charge >= 0.3 is 0 Å². The Labute approximate surface area is 186 Å². The first kappa shape index (κ1) is 21.8. The zero-order valence-corrected chi connectivity index (χ0v) is 18.6. The highest BCUT2D eigenvalue weighted by Crippen LogP contribution is 2.32. The van der Waals surface area contributed by atoms with E-state index in [0.717, 1.165) is 17.7 Å². The monoisotopic (exact) mass is 449 g/mol. The molecule has 2 atom stereocenters. The van der Waals surface area contributed by atoms with Crippen LogP contribution in [0.1, 0.15) is 37.8 Å². The second-order valence-corrected chi connectivity index (χ2v) is 8.55. The van der Waals surface area contributed by atoms with Gasteiger partial charge in [0.1, 0.15) is 6.07 Å². The zero-order valence-electron chi connectivity index (χ0n) is 16.3. The third kappa shape index (κ3) is 4.80. The van der Waals surface area contributed by atoms with Crippen molar-refractivity contribution in [3.8, 4) is 6.07 Å². The van der Waals surface area contributed by atoms with Crippen LogP contribution in [-0.4, -0.2) is 29.4 Å². The van der Waals surface area contributed by atoms with E-state index in [9.17, 15) is 10.1 Å². The molecule has 0 spiro atoms.